The molecule has 0 atom stereocenters. The molecule has 0 fully saturated rings. The van der Waals surface area contributed by atoms with Gasteiger partial charge in [0.2, 0.25) is 0 Å². The summed E-state index contributed by atoms with van der Waals surface area (Å²) in [6, 6.07) is 3.64. The maximum absolute atomic E-state index is 11.9. The second-order valence-corrected chi connectivity index (χ2v) is 4.75. The van der Waals surface area contributed by atoms with Gasteiger partial charge in [-0.3, -0.25) is 9.48 Å². The molecule has 0 aliphatic carbocycles. The van der Waals surface area contributed by atoms with Crippen LogP contribution in [0, 0.1) is 11.8 Å². The number of rotatable bonds is 3. The average molecular weight is 274 g/mol. The van der Waals surface area contributed by atoms with Crippen LogP contribution in [-0.2, 0) is 13.6 Å². The Labute approximate surface area is 115 Å². The van der Waals surface area contributed by atoms with Gasteiger partial charge in [-0.2, -0.15) is 5.10 Å². The molecule has 2 aromatic rings. The van der Waals surface area contributed by atoms with Crippen molar-refractivity contribution in [3.63, 3.8) is 0 Å². The highest BCUT2D eigenvalue weighted by Crippen LogP contribution is 2.13. The summed E-state index contributed by atoms with van der Waals surface area (Å²) in [6.07, 6.45) is 1.70. The van der Waals surface area contributed by atoms with E-state index in [4.69, 9.17) is 5.73 Å². The Kier molecular flexibility index (Phi) is 4.34. The molecule has 0 aromatic carbocycles. The van der Waals surface area contributed by atoms with Crippen LogP contribution in [0.5, 0.6) is 0 Å². The van der Waals surface area contributed by atoms with E-state index in [1.54, 1.807) is 22.3 Å². The fraction of sp³-hybridized carbons (Fsp3) is 0.231. The Balaban J connectivity index is 1.96. The Morgan fingerprint density at radius 3 is 3.16 bits per heavy atom. The van der Waals surface area contributed by atoms with Gasteiger partial charge in [0, 0.05) is 18.6 Å². The zero-order chi connectivity index (χ0) is 13.7. The number of aryl methyl sites for hydroxylation is 1. The number of amides is 1. The average Bonchev–Trinajstić information content (AvgIpc) is 3.03. The second kappa shape index (κ2) is 6.18. The Morgan fingerprint density at radius 2 is 2.47 bits per heavy atom. The second-order valence-electron chi connectivity index (χ2n) is 3.83. The van der Waals surface area contributed by atoms with Crippen LogP contribution in [0.2, 0.25) is 0 Å². The number of aromatic nitrogens is 2. The highest BCUT2D eigenvalue weighted by Gasteiger charge is 2.08. The molecule has 2 heterocycles. The minimum absolute atomic E-state index is 0.113. The van der Waals surface area contributed by atoms with Crippen molar-refractivity contribution < 1.29 is 4.79 Å². The SMILES string of the molecule is Cn1nccc1CNC(=O)c1csc(C#CCN)c1. The van der Waals surface area contributed by atoms with Crippen LogP contribution in [0.15, 0.2) is 23.7 Å². The molecule has 0 radical (unpaired) electrons. The summed E-state index contributed by atoms with van der Waals surface area (Å²) in [6.45, 7) is 0.773. The highest BCUT2D eigenvalue weighted by molar-refractivity contribution is 7.10. The highest BCUT2D eigenvalue weighted by atomic mass is 32.1. The van der Waals surface area contributed by atoms with Crippen LogP contribution in [0.1, 0.15) is 20.9 Å². The van der Waals surface area contributed by atoms with E-state index in [9.17, 15) is 4.79 Å². The van der Waals surface area contributed by atoms with Crippen LogP contribution in [-0.4, -0.2) is 22.2 Å². The Morgan fingerprint density at radius 1 is 1.63 bits per heavy atom. The van der Waals surface area contributed by atoms with Crippen molar-refractivity contribution in [2.75, 3.05) is 6.54 Å². The monoisotopic (exact) mass is 274 g/mol. The van der Waals surface area contributed by atoms with E-state index in [-0.39, 0.29) is 5.91 Å². The van der Waals surface area contributed by atoms with Crippen LogP contribution < -0.4 is 11.1 Å². The van der Waals surface area contributed by atoms with E-state index in [1.807, 2.05) is 13.1 Å². The van der Waals surface area contributed by atoms with E-state index < -0.39 is 0 Å². The first-order valence-corrected chi connectivity index (χ1v) is 6.61. The maximum atomic E-state index is 11.9. The van der Waals surface area contributed by atoms with Crippen LogP contribution in [0.3, 0.4) is 0 Å². The number of nitrogens with one attached hydrogen (secondary N) is 1. The smallest absolute Gasteiger partial charge is 0.252 e. The van der Waals surface area contributed by atoms with Crippen molar-refractivity contribution in [2.45, 2.75) is 6.54 Å². The molecule has 0 saturated heterocycles. The number of nitrogens with two attached hydrogens (primary N) is 1. The lowest BCUT2D eigenvalue weighted by Crippen LogP contribution is -2.23. The zero-order valence-corrected chi connectivity index (χ0v) is 11.3. The van der Waals surface area contributed by atoms with E-state index >= 15 is 0 Å². The molecule has 0 bridgehead atoms. The van der Waals surface area contributed by atoms with Crippen LogP contribution in [0.4, 0.5) is 0 Å². The van der Waals surface area contributed by atoms with Gasteiger partial charge in [-0.1, -0.05) is 11.8 Å². The fourth-order valence-electron chi connectivity index (χ4n) is 1.51. The molecule has 98 valence electrons. The van der Waals surface area contributed by atoms with Gasteiger partial charge < -0.3 is 11.1 Å². The molecule has 2 aromatic heterocycles. The summed E-state index contributed by atoms with van der Waals surface area (Å²) in [4.78, 5) is 12.8. The van der Waals surface area contributed by atoms with Gasteiger partial charge in [0.1, 0.15) is 0 Å². The molecule has 0 unspecified atom stereocenters. The standard InChI is InChI=1S/C13H14N4OS/c1-17-11(4-6-16-17)8-15-13(18)10-7-12(19-9-10)3-2-5-14/h4,6-7,9H,5,8,14H2,1H3,(H,15,18). The lowest BCUT2D eigenvalue weighted by molar-refractivity contribution is 0.0950. The van der Waals surface area contributed by atoms with Crippen LogP contribution in [0.25, 0.3) is 0 Å². The minimum atomic E-state index is -0.113. The predicted molar refractivity (Wildman–Crippen MR) is 74.6 cm³/mol. The van der Waals surface area contributed by atoms with Crippen LogP contribution >= 0.6 is 11.3 Å². The van der Waals surface area contributed by atoms with Crippen molar-refractivity contribution in [3.8, 4) is 11.8 Å². The van der Waals surface area contributed by atoms with Crippen molar-refractivity contribution in [2.24, 2.45) is 12.8 Å². The lowest BCUT2D eigenvalue weighted by atomic mass is 10.3. The van der Waals surface area contributed by atoms with E-state index in [1.165, 1.54) is 11.3 Å². The van der Waals surface area contributed by atoms with Gasteiger partial charge in [0.25, 0.3) is 5.91 Å². The first-order chi connectivity index (χ1) is 9.20. The molecule has 0 spiro atoms. The predicted octanol–water partition coefficient (Wildman–Crippen LogP) is 0.722. The number of nitrogens with zero attached hydrogens (tertiary/aromatic N) is 2. The maximum Gasteiger partial charge on any atom is 0.252 e. The van der Waals surface area contributed by atoms with Gasteiger partial charge in [0.05, 0.1) is 29.2 Å². The molecule has 0 saturated carbocycles. The van der Waals surface area contributed by atoms with E-state index in [0.717, 1.165) is 10.6 Å². The molecular formula is C13H14N4OS. The number of hydrogen-bond donors (Lipinski definition) is 2. The van der Waals surface area contributed by atoms with Crippen molar-refractivity contribution in [1.29, 1.82) is 0 Å². The largest absolute Gasteiger partial charge is 0.346 e. The molecular weight excluding hydrogens is 260 g/mol. The molecule has 0 aliphatic rings. The van der Waals surface area contributed by atoms with Crippen molar-refractivity contribution in [3.05, 3.63) is 39.8 Å². The van der Waals surface area contributed by atoms with Gasteiger partial charge in [0.15, 0.2) is 0 Å². The summed E-state index contributed by atoms with van der Waals surface area (Å²) in [5.41, 5.74) is 6.87. The minimum Gasteiger partial charge on any atom is -0.346 e. The molecule has 3 N–H and O–H groups in total. The quantitative estimate of drug-likeness (QED) is 0.810. The topological polar surface area (TPSA) is 72.9 Å². The first-order valence-electron chi connectivity index (χ1n) is 5.73. The van der Waals surface area contributed by atoms with Gasteiger partial charge in [-0.25, -0.2) is 0 Å². The molecule has 2 rings (SSSR count). The summed E-state index contributed by atoms with van der Waals surface area (Å²) in [5.74, 6) is 5.56. The Hall–Kier alpha value is -2.10. The third-order valence-corrected chi connectivity index (χ3v) is 3.37. The third-order valence-electron chi connectivity index (χ3n) is 2.53. The van der Waals surface area contributed by atoms with Gasteiger partial charge in [-0.15, -0.1) is 11.3 Å². The third kappa shape index (κ3) is 3.44. The molecule has 6 heteroatoms. The first kappa shape index (κ1) is 13.3. The van der Waals surface area contributed by atoms with Gasteiger partial charge in [-0.05, 0) is 12.1 Å². The molecule has 5 nitrogen and oxygen atoms in total. The number of carbonyl (C=O) groups excluding carboxylic acids is 1. The van der Waals surface area contributed by atoms with Gasteiger partial charge >= 0.3 is 0 Å². The summed E-state index contributed by atoms with van der Waals surface area (Å²) in [5, 5.41) is 8.68. The Bertz CT molecular complexity index is 632. The van der Waals surface area contributed by atoms with Crippen molar-refractivity contribution >= 4 is 17.2 Å². The normalized spacial score (nSPS) is 9.79. The summed E-state index contributed by atoms with van der Waals surface area (Å²) >= 11 is 1.44. The summed E-state index contributed by atoms with van der Waals surface area (Å²) in [7, 11) is 1.84. The number of hydrogen-bond acceptors (Lipinski definition) is 4. The lowest BCUT2D eigenvalue weighted by Gasteiger charge is -2.03. The van der Waals surface area contributed by atoms with Crippen molar-refractivity contribution in [1.82, 2.24) is 15.1 Å². The molecule has 19 heavy (non-hydrogen) atoms. The molecule has 0 aliphatic heterocycles. The number of carbonyl (C=O) groups is 1. The zero-order valence-electron chi connectivity index (χ0n) is 10.5. The molecule has 1 amide bonds. The van der Waals surface area contributed by atoms with E-state index in [0.29, 0.717) is 18.7 Å². The number of thiophene rings is 1. The summed E-state index contributed by atoms with van der Waals surface area (Å²) < 4.78 is 1.73. The van der Waals surface area contributed by atoms with E-state index in [2.05, 4.69) is 22.3 Å². The fourth-order valence-corrected chi connectivity index (χ4v) is 2.26.